The first-order chi connectivity index (χ1) is 11.4. The molecule has 7 nitrogen and oxygen atoms in total. The standard InChI is InChI=1S/C14H18F3N7/c1-23-7-11(21-22-23)8-24-4-2-10(3-5-24)20-13-6-12(14(15,16)17)18-9-19-13/h6-7,9-10H,2-5,8H2,1H3,(H,18,19,20). The summed E-state index contributed by atoms with van der Waals surface area (Å²) in [5, 5.41) is 11.0. The van der Waals surface area contributed by atoms with E-state index in [-0.39, 0.29) is 11.9 Å². The second-order valence-electron chi connectivity index (χ2n) is 5.86. The number of aromatic nitrogens is 5. The zero-order valence-corrected chi connectivity index (χ0v) is 13.2. The van der Waals surface area contributed by atoms with Crippen molar-refractivity contribution >= 4 is 5.82 Å². The lowest BCUT2D eigenvalue weighted by Gasteiger charge is -2.32. The predicted octanol–water partition coefficient (Wildman–Crippen LogP) is 1.70. The maximum Gasteiger partial charge on any atom is 0.433 e. The Morgan fingerprint density at radius 3 is 2.62 bits per heavy atom. The summed E-state index contributed by atoms with van der Waals surface area (Å²) in [6.07, 6.45) is 0.00887. The SMILES string of the molecule is Cn1cc(CN2CCC(Nc3cc(C(F)(F)F)ncn3)CC2)nn1. The van der Waals surface area contributed by atoms with E-state index in [2.05, 4.69) is 30.5 Å². The summed E-state index contributed by atoms with van der Waals surface area (Å²) < 4.78 is 39.7. The van der Waals surface area contributed by atoms with Crippen molar-refractivity contribution in [3.05, 3.63) is 30.0 Å². The summed E-state index contributed by atoms with van der Waals surface area (Å²) in [7, 11) is 1.82. The largest absolute Gasteiger partial charge is 0.433 e. The lowest BCUT2D eigenvalue weighted by atomic mass is 10.0. The van der Waals surface area contributed by atoms with Gasteiger partial charge in [-0.15, -0.1) is 5.10 Å². The first-order valence-electron chi connectivity index (χ1n) is 7.63. The van der Waals surface area contributed by atoms with Gasteiger partial charge < -0.3 is 5.32 Å². The molecule has 0 aliphatic carbocycles. The van der Waals surface area contributed by atoms with E-state index in [4.69, 9.17) is 0 Å². The molecule has 1 N–H and O–H groups in total. The maximum absolute atomic E-state index is 12.7. The molecule has 0 amide bonds. The summed E-state index contributed by atoms with van der Waals surface area (Å²) in [5.74, 6) is 0.213. The van der Waals surface area contributed by atoms with Gasteiger partial charge in [0.25, 0.3) is 0 Å². The Balaban J connectivity index is 1.52. The van der Waals surface area contributed by atoms with Gasteiger partial charge in [-0.05, 0) is 12.8 Å². The topological polar surface area (TPSA) is 71.8 Å². The molecule has 24 heavy (non-hydrogen) atoms. The van der Waals surface area contributed by atoms with Crippen LogP contribution in [0.25, 0.3) is 0 Å². The van der Waals surface area contributed by atoms with Crippen molar-refractivity contribution in [1.82, 2.24) is 29.9 Å². The first-order valence-corrected chi connectivity index (χ1v) is 7.63. The third-order valence-corrected chi connectivity index (χ3v) is 3.93. The van der Waals surface area contributed by atoms with Gasteiger partial charge in [-0.1, -0.05) is 5.21 Å². The van der Waals surface area contributed by atoms with Crippen LogP contribution in [0.2, 0.25) is 0 Å². The fourth-order valence-corrected chi connectivity index (χ4v) is 2.73. The lowest BCUT2D eigenvalue weighted by molar-refractivity contribution is -0.141. The summed E-state index contributed by atoms with van der Waals surface area (Å²) >= 11 is 0. The maximum atomic E-state index is 12.7. The molecule has 0 atom stereocenters. The Morgan fingerprint density at radius 1 is 1.25 bits per heavy atom. The third kappa shape index (κ3) is 4.19. The highest BCUT2D eigenvalue weighted by atomic mass is 19.4. The van der Waals surface area contributed by atoms with Crippen molar-refractivity contribution in [2.45, 2.75) is 31.6 Å². The van der Waals surface area contributed by atoms with Gasteiger partial charge in [0.05, 0.1) is 5.69 Å². The van der Waals surface area contributed by atoms with E-state index in [0.29, 0.717) is 0 Å². The average molecular weight is 341 g/mol. The second kappa shape index (κ2) is 6.71. The minimum absolute atomic E-state index is 0.0964. The van der Waals surface area contributed by atoms with Gasteiger partial charge in [-0.3, -0.25) is 9.58 Å². The van der Waals surface area contributed by atoms with Crippen LogP contribution < -0.4 is 5.32 Å². The fraction of sp³-hybridized carbons (Fsp3) is 0.571. The fourth-order valence-electron chi connectivity index (χ4n) is 2.73. The Hall–Kier alpha value is -2.23. The van der Waals surface area contributed by atoms with Crippen molar-refractivity contribution in [3.63, 3.8) is 0 Å². The van der Waals surface area contributed by atoms with Crippen molar-refractivity contribution < 1.29 is 13.2 Å². The summed E-state index contributed by atoms with van der Waals surface area (Å²) in [6.45, 7) is 2.41. The van der Waals surface area contributed by atoms with Gasteiger partial charge in [-0.2, -0.15) is 13.2 Å². The number of nitrogens with zero attached hydrogens (tertiary/aromatic N) is 6. The molecular formula is C14H18F3N7. The van der Waals surface area contributed by atoms with E-state index < -0.39 is 11.9 Å². The molecule has 3 rings (SSSR count). The van der Waals surface area contributed by atoms with Gasteiger partial charge in [0.1, 0.15) is 17.8 Å². The van der Waals surface area contributed by atoms with Crippen LogP contribution in [-0.4, -0.2) is 49.0 Å². The van der Waals surface area contributed by atoms with Crippen molar-refractivity contribution in [3.8, 4) is 0 Å². The smallest absolute Gasteiger partial charge is 0.367 e. The third-order valence-electron chi connectivity index (χ3n) is 3.93. The lowest BCUT2D eigenvalue weighted by Crippen LogP contribution is -2.38. The molecular weight excluding hydrogens is 323 g/mol. The zero-order valence-electron chi connectivity index (χ0n) is 13.2. The van der Waals surface area contributed by atoms with Crippen LogP contribution in [0.3, 0.4) is 0 Å². The number of alkyl halides is 3. The zero-order chi connectivity index (χ0) is 17.2. The van der Waals surface area contributed by atoms with E-state index in [1.54, 1.807) is 4.68 Å². The van der Waals surface area contributed by atoms with Gasteiger partial charge in [0.2, 0.25) is 0 Å². The monoisotopic (exact) mass is 341 g/mol. The van der Waals surface area contributed by atoms with E-state index >= 15 is 0 Å². The molecule has 1 saturated heterocycles. The van der Waals surface area contributed by atoms with Crippen LogP contribution in [0.5, 0.6) is 0 Å². The molecule has 130 valence electrons. The number of halogens is 3. The Morgan fingerprint density at radius 2 is 2.00 bits per heavy atom. The van der Waals surface area contributed by atoms with Crippen LogP contribution >= 0.6 is 0 Å². The highest BCUT2D eigenvalue weighted by molar-refractivity contribution is 5.36. The molecule has 0 unspecified atom stereocenters. The highest BCUT2D eigenvalue weighted by Gasteiger charge is 2.33. The molecule has 0 spiro atoms. The summed E-state index contributed by atoms with van der Waals surface area (Å²) in [4.78, 5) is 9.40. The second-order valence-corrected chi connectivity index (χ2v) is 5.86. The molecule has 0 bridgehead atoms. The Kier molecular flexibility index (Phi) is 4.65. The average Bonchev–Trinajstić information content (AvgIpc) is 2.94. The molecule has 10 heteroatoms. The molecule has 2 aromatic rings. The molecule has 1 aliphatic heterocycles. The number of hydrogen-bond acceptors (Lipinski definition) is 6. The van der Waals surface area contributed by atoms with E-state index in [1.165, 1.54) is 0 Å². The van der Waals surface area contributed by atoms with Gasteiger partial charge in [0.15, 0.2) is 0 Å². The number of rotatable bonds is 4. The number of anilines is 1. The molecule has 0 radical (unpaired) electrons. The van der Waals surface area contributed by atoms with Crippen LogP contribution in [0.4, 0.5) is 19.0 Å². The first kappa shape index (κ1) is 16.6. The van der Waals surface area contributed by atoms with E-state index in [1.807, 2.05) is 13.2 Å². The highest BCUT2D eigenvalue weighted by Crippen LogP contribution is 2.28. The minimum Gasteiger partial charge on any atom is -0.367 e. The van der Waals surface area contributed by atoms with Gasteiger partial charge in [-0.25, -0.2) is 9.97 Å². The van der Waals surface area contributed by atoms with Crippen molar-refractivity contribution in [2.75, 3.05) is 18.4 Å². The van der Waals surface area contributed by atoms with E-state index in [9.17, 15) is 13.2 Å². The molecule has 0 saturated carbocycles. The number of piperidine rings is 1. The minimum atomic E-state index is -4.46. The van der Waals surface area contributed by atoms with Crippen molar-refractivity contribution in [2.24, 2.45) is 7.05 Å². The van der Waals surface area contributed by atoms with Crippen molar-refractivity contribution in [1.29, 1.82) is 0 Å². The summed E-state index contributed by atoms with van der Waals surface area (Å²) in [5.41, 5.74) is -0.0189. The van der Waals surface area contributed by atoms with Gasteiger partial charge in [0, 0.05) is 45.0 Å². The molecule has 2 aromatic heterocycles. The predicted molar refractivity (Wildman–Crippen MR) is 80.0 cm³/mol. The Labute approximate surface area is 136 Å². The van der Waals surface area contributed by atoms with Crippen LogP contribution in [0.1, 0.15) is 24.2 Å². The quantitative estimate of drug-likeness (QED) is 0.913. The Bertz CT molecular complexity index is 677. The summed E-state index contributed by atoms with van der Waals surface area (Å²) in [6, 6.07) is 1.05. The number of hydrogen-bond donors (Lipinski definition) is 1. The molecule has 0 aromatic carbocycles. The van der Waals surface area contributed by atoms with E-state index in [0.717, 1.165) is 50.6 Å². The number of likely N-dealkylation sites (tertiary alicyclic amines) is 1. The van der Waals surface area contributed by atoms with Crippen LogP contribution in [-0.2, 0) is 19.8 Å². The van der Waals surface area contributed by atoms with Crippen LogP contribution in [0.15, 0.2) is 18.6 Å². The molecule has 1 fully saturated rings. The van der Waals surface area contributed by atoms with Gasteiger partial charge >= 0.3 is 6.18 Å². The normalized spacial score (nSPS) is 17.2. The molecule has 1 aliphatic rings. The number of aryl methyl sites for hydroxylation is 1. The number of nitrogens with one attached hydrogen (secondary N) is 1. The molecule has 3 heterocycles. The van der Waals surface area contributed by atoms with Crippen LogP contribution in [0, 0.1) is 0 Å².